The van der Waals surface area contributed by atoms with E-state index >= 15 is 0 Å². The van der Waals surface area contributed by atoms with Crippen molar-refractivity contribution >= 4 is 24.2 Å². The van der Waals surface area contributed by atoms with E-state index in [0.29, 0.717) is 0 Å². The molecule has 0 spiro atoms. The van der Waals surface area contributed by atoms with Gasteiger partial charge in [-0.05, 0) is 30.4 Å². The van der Waals surface area contributed by atoms with E-state index in [4.69, 9.17) is 5.73 Å². The highest BCUT2D eigenvalue weighted by molar-refractivity contribution is 7.98. The van der Waals surface area contributed by atoms with Crippen LogP contribution >= 0.6 is 24.2 Å². The molecule has 0 aliphatic rings. The van der Waals surface area contributed by atoms with Crippen molar-refractivity contribution < 1.29 is 0 Å². The third kappa shape index (κ3) is 3.91. The third-order valence-corrected chi connectivity index (χ3v) is 2.89. The van der Waals surface area contributed by atoms with Crippen molar-refractivity contribution in [2.45, 2.75) is 30.7 Å². The van der Waals surface area contributed by atoms with Crippen LogP contribution in [0.25, 0.3) is 0 Å². The Balaban J connectivity index is 0.00000169. The predicted octanol–water partition coefficient (Wildman–Crippen LogP) is 3.63. The molecule has 80 valence electrons. The normalized spacial score (nSPS) is 11.9. The number of hydrogen-bond donors (Lipinski definition) is 1. The van der Waals surface area contributed by atoms with Gasteiger partial charge in [0, 0.05) is 10.9 Å². The van der Waals surface area contributed by atoms with E-state index in [1.807, 2.05) is 0 Å². The van der Waals surface area contributed by atoms with Crippen LogP contribution in [-0.4, -0.2) is 6.26 Å². The molecule has 0 amide bonds. The molecule has 3 heteroatoms. The lowest BCUT2D eigenvalue weighted by Gasteiger charge is -2.10. The number of benzene rings is 1. The maximum absolute atomic E-state index is 5.99. The lowest BCUT2D eigenvalue weighted by atomic mass is 10.0. The molecule has 1 unspecified atom stereocenters. The molecule has 0 radical (unpaired) electrons. The quantitative estimate of drug-likeness (QED) is 0.801. The van der Waals surface area contributed by atoms with Crippen molar-refractivity contribution in [2.24, 2.45) is 5.73 Å². The maximum atomic E-state index is 5.99. The summed E-state index contributed by atoms with van der Waals surface area (Å²) in [6.45, 7) is 2.16. The summed E-state index contributed by atoms with van der Waals surface area (Å²) in [5.41, 5.74) is 7.24. The minimum Gasteiger partial charge on any atom is -0.324 e. The van der Waals surface area contributed by atoms with E-state index in [2.05, 4.69) is 37.4 Å². The van der Waals surface area contributed by atoms with Gasteiger partial charge in [-0.1, -0.05) is 25.5 Å². The molecule has 0 saturated heterocycles. The molecule has 14 heavy (non-hydrogen) atoms. The molecular weight excluding hydrogens is 214 g/mol. The average molecular weight is 232 g/mol. The Hall–Kier alpha value is -0.180. The lowest BCUT2D eigenvalue weighted by molar-refractivity contribution is 0.638. The van der Waals surface area contributed by atoms with E-state index in [-0.39, 0.29) is 18.4 Å². The highest BCUT2D eigenvalue weighted by Crippen LogP contribution is 2.20. The summed E-state index contributed by atoms with van der Waals surface area (Å²) >= 11 is 1.76. The van der Waals surface area contributed by atoms with Crippen LogP contribution in [0.2, 0.25) is 0 Å². The molecule has 2 N–H and O–H groups in total. The van der Waals surface area contributed by atoms with Crippen molar-refractivity contribution in [1.82, 2.24) is 0 Å². The molecular formula is C11H18ClNS. The second-order valence-corrected chi connectivity index (χ2v) is 4.05. The van der Waals surface area contributed by atoms with E-state index < -0.39 is 0 Å². The van der Waals surface area contributed by atoms with Gasteiger partial charge < -0.3 is 5.73 Å². The monoisotopic (exact) mass is 231 g/mol. The molecule has 1 aromatic carbocycles. The number of hydrogen-bond acceptors (Lipinski definition) is 2. The molecule has 0 aliphatic heterocycles. The summed E-state index contributed by atoms with van der Waals surface area (Å²) < 4.78 is 0. The fourth-order valence-corrected chi connectivity index (χ4v) is 1.74. The van der Waals surface area contributed by atoms with Gasteiger partial charge in [-0.2, -0.15) is 0 Å². The zero-order valence-electron chi connectivity index (χ0n) is 8.69. The molecule has 0 aliphatic carbocycles. The van der Waals surface area contributed by atoms with Gasteiger partial charge in [-0.25, -0.2) is 0 Å². The minimum atomic E-state index is 0. The fraction of sp³-hybridized carbons (Fsp3) is 0.455. The van der Waals surface area contributed by atoms with Crippen molar-refractivity contribution in [3.05, 3.63) is 29.8 Å². The van der Waals surface area contributed by atoms with Crippen molar-refractivity contribution in [1.29, 1.82) is 0 Å². The van der Waals surface area contributed by atoms with Crippen LogP contribution in [0, 0.1) is 0 Å². The first-order valence-corrected chi connectivity index (χ1v) is 5.90. The number of halogens is 1. The van der Waals surface area contributed by atoms with Crippen LogP contribution < -0.4 is 5.73 Å². The SMILES string of the molecule is CCCC(N)c1ccc(SC)cc1.Cl. The van der Waals surface area contributed by atoms with Crippen LogP contribution in [0.4, 0.5) is 0 Å². The summed E-state index contributed by atoms with van der Waals surface area (Å²) in [6.07, 6.45) is 4.30. The van der Waals surface area contributed by atoms with Crippen LogP contribution in [0.15, 0.2) is 29.2 Å². The van der Waals surface area contributed by atoms with Crippen LogP contribution in [0.5, 0.6) is 0 Å². The molecule has 0 saturated carbocycles. The predicted molar refractivity (Wildman–Crippen MR) is 67.3 cm³/mol. The third-order valence-electron chi connectivity index (χ3n) is 2.14. The van der Waals surface area contributed by atoms with Crippen molar-refractivity contribution in [2.75, 3.05) is 6.26 Å². The molecule has 1 nitrogen and oxygen atoms in total. The summed E-state index contributed by atoms with van der Waals surface area (Å²) in [6, 6.07) is 8.74. The Bertz CT molecular complexity index is 248. The van der Waals surface area contributed by atoms with E-state index in [9.17, 15) is 0 Å². The van der Waals surface area contributed by atoms with Crippen molar-refractivity contribution in [3.8, 4) is 0 Å². The number of thioether (sulfide) groups is 1. The van der Waals surface area contributed by atoms with Gasteiger partial charge in [0.25, 0.3) is 0 Å². The van der Waals surface area contributed by atoms with E-state index in [0.717, 1.165) is 12.8 Å². The van der Waals surface area contributed by atoms with Gasteiger partial charge in [0.1, 0.15) is 0 Å². The molecule has 1 aromatic rings. The average Bonchev–Trinajstić information content (AvgIpc) is 2.18. The molecule has 1 rings (SSSR count). The smallest absolute Gasteiger partial charge is 0.0294 e. The Kier molecular flexibility index (Phi) is 7.06. The Morgan fingerprint density at radius 3 is 2.29 bits per heavy atom. The van der Waals surface area contributed by atoms with Gasteiger partial charge in [-0.15, -0.1) is 24.2 Å². The maximum Gasteiger partial charge on any atom is 0.0294 e. The first kappa shape index (κ1) is 13.8. The lowest BCUT2D eigenvalue weighted by Crippen LogP contribution is -2.09. The summed E-state index contributed by atoms with van der Waals surface area (Å²) in [7, 11) is 0. The van der Waals surface area contributed by atoms with Gasteiger partial charge in [0.05, 0.1) is 0 Å². The summed E-state index contributed by atoms with van der Waals surface area (Å²) in [5.74, 6) is 0. The van der Waals surface area contributed by atoms with Crippen LogP contribution in [0.3, 0.4) is 0 Å². The van der Waals surface area contributed by atoms with E-state index in [1.165, 1.54) is 10.5 Å². The molecule has 0 fully saturated rings. The van der Waals surface area contributed by atoms with Crippen LogP contribution in [0.1, 0.15) is 31.4 Å². The first-order valence-electron chi connectivity index (χ1n) is 4.67. The topological polar surface area (TPSA) is 26.0 Å². The Morgan fingerprint density at radius 2 is 1.86 bits per heavy atom. The Morgan fingerprint density at radius 1 is 1.29 bits per heavy atom. The summed E-state index contributed by atoms with van der Waals surface area (Å²) in [5, 5.41) is 0. The van der Waals surface area contributed by atoms with Gasteiger partial charge >= 0.3 is 0 Å². The Labute approximate surface area is 96.9 Å². The molecule has 0 aromatic heterocycles. The number of nitrogens with two attached hydrogens (primary N) is 1. The largest absolute Gasteiger partial charge is 0.324 e. The molecule has 0 heterocycles. The summed E-state index contributed by atoms with van der Waals surface area (Å²) in [4.78, 5) is 1.30. The standard InChI is InChI=1S/C11H17NS.ClH/c1-3-4-11(12)9-5-7-10(13-2)8-6-9;/h5-8,11H,3-4,12H2,1-2H3;1H. The zero-order valence-corrected chi connectivity index (χ0v) is 10.3. The first-order chi connectivity index (χ1) is 6.27. The highest BCUT2D eigenvalue weighted by Gasteiger charge is 2.03. The second kappa shape index (κ2) is 7.16. The molecule has 0 bridgehead atoms. The van der Waals surface area contributed by atoms with Crippen LogP contribution in [-0.2, 0) is 0 Å². The minimum absolute atomic E-state index is 0. The molecule has 1 atom stereocenters. The fourth-order valence-electron chi connectivity index (χ4n) is 1.33. The zero-order chi connectivity index (χ0) is 9.68. The second-order valence-electron chi connectivity index (χ2n) is 3.17. The van der Waals surface area contributed by atoms with Crippen molar-refractivity contribution in [3.63, 3.8) is 0 Å². The highest BCUT2D eigenvalue weighted by atomic mass is 35.5. The van der Waals surface area contributed by atoms with Gasteiger partial charge in [-0.3, -0.25) is 0 Å². The van der Waals surface area contributed by atoms with E-state index in [1.54, 1.807) is 11.8 Å². The van der Waals surface area contributed by atoms with Gasteiger partial charge in [0.15, 0.2) is 0 Å². The number of rotatable bonds is 4. The van der Waals surface area contributed by atoms with Gasteiger partial charge in [0.2, 0.25) is 0 Å².